The Morgan fingerprint density at radius 1 is 1.56 bits per heavy atom. The maximum atomic E-state index is 11.0. The Labute approximate surface area is 95.7 Å². The molecule has 0 saturated heterocycles. The minimum Gasteiger partial charge on any atom is -0.389 e. The first-order chi connectivity index (χ1) is 7.56. The number of hydrogen-bond donors (Lipinski definition) is 3. The number of rotatable bonds is 6. The molecule has 0 bridgehead atoms. The molecule has 4 N–H and O–H groups in total. The molecule has 1 aliphatic carbocycles. The molecule has 1 saturated carbocycles. The molecule has 1 aliphatic rings. The predicted octanol–water partition coefficient (Wildman–Crippen LogP) is -0.465. The van der Waals surface area contributed by atoms with Crippen LogP contribution in [-0.2, 0) is 9.63 Å². The average molecular weight is 231 g/mol. The minimum absolute atomic E-state index is 0.261. The first-order valence-electron chi connectivity index (χ1n) is 5.62. The molecule has 0 radical (unpaired) electrons. The summed E-state index contributed by atoms with van der Waals surface area (Å²) in [4.78, 5) is 17.3. The first kappa shape index (κ1) is 13.4. The van der Waals surface area contributed by atoms with Crippen LogP contribution in [0.1, 0.15) is 32.1 Å². The second kappa shape index (κ2) is 6.15. The molecule has 0 amide bonds. The average Bonchev–Trinajstić information content (AvgIpc) is 2.62. The van der Waals surface area contributed by atoms with Crippen LogP contribution in [0.5, 0.6) is 0 Å². The van der Waals surface area contributed by atoms with Crippen molar-refractivity contribution in [2.24, 2.45) is 5.84 Å². The molecule has 1 rings (SSSR count). The number of carbonyl (C=O) groups excluding carboxylic acids is 1. The zero-order chi connectivity index (χ0) is 12.0. The number of nitrogens with one attached hydrogen (secondary N) is 1. The Hall–Kier alpha value is -0.690. The third kappa shape index (κ3) is 4.44. The molecule has 6 heteroatoms. The Morgan fingerprint density at radius 2 is 2.19 bits per heavy atom. The van der Waals surface area contributed by atoms with E-state index in [0.717, 1.165) is 25.7 Å². The van der Waals surface area contributed by atoms with Crippen LogP contribution in [-0.4, -0.2) is 41.7 Å². The lowest BCUT2D eigenvalue weighted by molar-refractivity contribution is -0.151. The summed E-state index contributed by atoms with van der Waals surface area (Å²) >= 11 is 0. The number of nitrogens with two attached hydrogens (primary N) is 1. The number of carbonyl (C=O) groups is 1. The fraction of sp³-hybridized carbons (Fsp3) is 0.900. The van der Waals surface area contributed by atoms with Crippen LogP contribution in [0.25, 0.3) is 0 Å². The van der Waals surface area contributed by atoms with Gasteiger partial charge in [-0.2, -0.15) is 0 Å². The SMILES string of the molecule is CN(CCC(=O)ONN)CC1(O)CCCC1. The molecule has 0 aromatic carbocycles. The fourth-order valence-electron chi connectivity index (χ4n) is 2.17. The zero-order valence-electron chi connectivity index (χ0n) is 9.74. The second-order valence-corrected chi connectivity index (χ2v) is 4.51. The molecular formula is C10H21N3O3. The van der Waals surface area contributed by atoms with Gasteiger partial charge in [0.25, 0.3) is 0 Å². The quantitative estimate of drug-likeness (QED) is 0.423. The Kier molecular flexibility index (Phi) is 5.14. The summed E-state index contributed by atoms with van der Waals surface area (Å²) in [7, 11) is 1.89. The van der Waals surface area contributed by atoms with Crippen LogP contribution in [0, 0.1) is 0 Å². The lowest BCUT2D eigenvalue weighted by Gasteiger charge is -2.28. The lowest BCUT2D eigenvalue weighted by Crippen LogP contribution is -2.40. The van der Waals surface area contributed by atoms with Gasteiger partial charge in [0.05, 0.1) is 12.0 Å². The topological polar surface area (TPSA) is 87.8 Å². The van der Waals surface area contributed by atoms with Crippen LogP contribution < -0.4 is 11.4 Å². The van der Waals surface area contributed by atoms with Crippen LogP contribution in [0.15, 0.2) is 0 Å². The molecular weight excluding hydrogens is 210 g/mol. The van der Waals surface area contributed by atoms with Crippen molar-refractivity contribution in [1.29, 1.82) is 0 Å². The van der Waals surface area contributed by atoms with Gasteiger partial charge in [0, 0.05) is 13.1 Å². The molecule has 0 heterocycles. The second-order valence-electron chi connectivity index (χ2n) is 4.51. The van der Waals surface area contributed by atoms with E-state index in [4.69, 9.17) is 5.84 Å². The molecule has 16 heavy (non-hydrogen) atoms. The maximum Gasteiger partial charge on any atom is 0.327 e. The summed E-state index contributed by atoms with van der Waals surface area (Å²) in [5, 5.41) is 10.1. The van der Waals surface area contributed by atoms with Gasteiger partial charge in [0.2, 0.25) is 0 Å². The van der Waals surface area contributed by atoms with Gasteiger partial charge < -0.3 is 14.8 Å². The zero-order valence-corrected chi connectivity index (χ0v) is 9.74. The van der Waals surface area contributed by atoms with Crippen LogP contribution in [0.4, 0.5) is 0 Å². The van der Waals surface area contributed by atoms with Crippen molar-refractivity contribution in [3.05, 3.63) is 0 Å². The highest BCUT2D eigenvalue weighted by molar-refractivity contribution is 5.69. The first-order valence-corrected chi connectivity index (χ1v) is 5.62. The Bertz CT molecular complexity index is 229. The highest BCUT2D eigenvalue weighted by Crippen LogP contribution is 2.29. The van der Waals surface area contributed by atoms with Crippen molar-refractivity contribution in [1.82, 2.24) is 10.5 Å². The number of likely N-dealkylation sites (N-methyl/N-ethyl adjacent to an activating group) is 1. The number of nitrogens with zero attached hydrogens (tertiary/aromatic N) is 1. The van der Waals surface area contributed by atoms with E-state index in [1.165, 1.54) is 0 Å². The summed E-state index contributed by atoms with van der Waals surface area (Å²) in [6.07, 6.45) is 4.14. The molecule has 94 valence electrons. The Balaban J connectivity index is 2.19. The number of hydrazine groups is 1. The highest BCUT2D eigenvalue weighted by Gasteiger charge is 2.32. The van der Waals surface area contributed by atoms with Crippen LogP contribution >= 0.6 is 0 Å². The fourth-order valence-corrected chi connectivity index (χ4v) is 2.17. The van der Waals surface area contributed by atoms with Gasteiger partial charge in [-0.05, 0) is 19.9 Å². The van der Waals surface area contributed by atoms with E-state index >= 15 is 0 Å². The summed E-state index contributed by atoms with van der Waals surface area (Å²) in [6, 6.07) is 0. The maximum absolute atomic E-state index is 11.0. The van der Waals surface area contributed by atoms with E-state index in [2.05, 4.69) is 4.84 Å². The van der Waals surface area contributed by atoms with E-state index < -0.39 is 11.6 Å². The van der Waals surface area contributed by atoms with Gasteiger partial charge in [-0.15, -0.1) is 0 Å². The van der Waals surface area contributed by atoms with Crippen molar-refractivity contribution in [3.8, 4) is 0 Å². The van der Waals surface area contributed by atoms with E-state index in [9.17, 15) is 9.90 Å². The molecule has 6 nitrogen and oxygen atoms in total. The minimum atomic E-state index is -0.565. The lowest BCUT2D eigenvalue weighted by atomic mass is 10.0. The van der Waals surface area contributed by atoms with Crippen molar-refractivity contribution in [3.63, 3.8) is 0 Å². The van der Waals surface area contributed by atoms with Gasteiger partial charge in [-0.25, -0.2) is 5.84 Å². The normalized spacial score (nSPS) is 19.0. The molecule has 0 aromatic rings. The van der Waals surface area contributed by atoms with Crippen LogP contribution in [0.3, 0.4) is 0 Å². The molecule has 0 spiro atoms. The molecule has 0 unspecified atom stereocenters. The summed E-state index contributed by atoms with van der Waals surface area (Å²) in [6.45, 7) is 1.17. The van der Waals surface area contributed by atoms with E-state index in [1.54, 1.807) is 0 Å². The van der Waals surface area contributed by atoms with Crippen LogP contribution in [0.2, 0.25) is 0 Å². The van der Waals surface area contributed by atoms with Crippen molar-refractivity contribution >= 4 is 5.97 Å². The molecule has 0 aliphatic heterocycles. The van der Waals surface area contributed by atoms with Crippen molar-refractivity contribution in [2.45, 2.75) is 37.7 Å². The van der Waals surface area contributed by atoms with Gasteiger partial charge >= 0.3 is 5.97 Å². The highest BCUT2D eigenvalue weighted by atomic mass is 16.7. The number of hydrogen-bond acceptors (Lipinski definition) is 6. The summed E-state index contributed by atoms with van der Waals surface area (Å²) in [5.74, 6) is 4.45. The predicted molar refractivity (Wildman–Crippen MR) is 58.9 cm³/mol. The van der Waals surface area contributed by atoms with Gasteiger partial charge in [-0.1, -0.05) is 18.4 Å². The largest absolute Gasteiger partial charge is 0.389 e. The van der Waals surface area contributed by atoms with E-state index in [-0.39, 0.29) is 6.42 Å². The molecule has 1 fully saturated rings. The molecule has 0 aromatic heterocycles. The van der Waals surface area contributed by atoms with Gasteiger partial charge in [-0.3, -0.25) is 4.79 Å². The number of aliphatic hydroxyl groups is 1. The van der Waals surface area contributed by atoms with Crippen molar-refractivity contribution in [2.75, 3.05) is 20.1 Å². The van der Waals surface area contributed by atoms with Crippen molar-refractivity contribution < 1.29 is 14.7 Å². The van der Waals surface area contributed by atoms with Gasteiger partial charge in [0.1, 0.15) is 0 Å². The Morgan fingerprint density at radius 3 is 2.75 bits per heavy atom. The third-order valence-electron chi connectivity index (χ3n) is 2.97. The van der Waals surface area contributed by atoms with E-state index in [1.807, 2.05) is 17.5 Å². The standard InChI is InChI=1S/C10H21N3O3/c1-13(7-4-9(14)16-12-11)8-10(15)5-2-3-6-10/h12,15H,2-8,11H2,1H3. The third-order valence-corrected chi connectivity index (χ3v) is 2.97. The monoisotopic (exact) mass is 231 g/mol. The van der Waals surface area contributed by atoms with Gasteiger partial charge in [0.15, 0.2) is 0 Å². The summed E-state index contributed by atoms with van der Waals surface area (Å²) in [5.41, 5.74) is 1.29. The molecule has 0 atom stereocenters. The van der Waals surface area contributed by atoms with E-state index in [0.29, 0.717) is 13.1 Å². The smallest absolute Gasteiger partial charge is 0.327 e. The summed E-state index contributed by atoms with van der Waals surface area (Å²) < 4.78 is 0.